The van der Waals surface area contributed by atoms with Gasteiger partial charge < -0.3 is 15.7 Å². The maximum absolute atomic E-state index is 12.8. The SMILES string of the molecule is Cc1cc(Br)cc(C(=O)NC(C)(C)O)c1NC(=O)c1cc(C(F)(F)F)nn1C. The summed E-state index contributed by atoms with van der Waals surface area (Å²) in [5, 5.41) is 17.9. The number of nitrogens with one attached hydrogen (secondary N) is 2. The molecule has 1 aromatic heterocycles. The maximum atomic E-state index is 12.8. The number of benzene rings is 1. The molecule has 0 radical (unpaired) electrons. The Morgan fingerprint density at radius 1 is 1.18 bits per heavy atom. The predicted molar refractivity (Wildman–Crippen MR) is 98.8 cm³/mol. The number of anilines is 1. The van der Waals surface area contributed by atoms with Crippen molar-refractivity contribution in [1.29, 1.82) is 0 Å². The van der Waals surface area contributed by atoms with Crippen LogP contribution in [0.25, 0.3) is 0 Å². The largest absolute Gasteiger partial charge is 0.435 e. The summed E-state index contributed by atoms with van der Waals surface area (Å²) in [5.74, 6) is -1.54. The van der Waals surface area contributed by atoms with Gasteiger partial charge in [-0.3, -0.25) is 14.3 Å². The molecule has 1 heterocycles. The van der Waals surface area contributed by atoms with E-state index in [0.717, 1.165) is 4.68 Å². The molecule has 7 nitrogen and oxygen atoms in total. The third-order valence-corrected chi connectivity index (χ3v) is 4.06. The van der Waals surface area contributed by atoms with Crippen LogP contribution in [0.1, 0.15) is 46.0 Å². The van der Waals surface area contributed by atoms with Crippen LogP contribution in [0.15, 0.2) is 22.7 Å². The van der Waals surface area contributed by atoms with Gasteiger partial charge in [-0.2, -0.15) is 18.3 Å². The fraction of sp³-hybridized carbons (Fsp3) is 0.353. The van der Waals surface area contributed by atoms with Gasteiger partial charge >= 0.3 is 6.18 Å². The Balaban J connectivity index is 2.42. The summed E-state index contributed by atoms with van der Waals surface area (Å²) >= 11 is 3.25. The minimum absolute atomic E-state index is 0.0283. The topological polar surface area (TPSA) is 96.2 Å². The van der Waals surface area contributed by atoms with Crippen LogP contribution < -0.4 is 10.6 Å². The number of hydrogen-bond donors (Lipinski definition) is 3. The van der Waals surface area contributed by atoms with E-state index in [0.29, 0.717) is 16.1 Å². The van der Waals surface area contributed by atoms with Gasteiger partial charge in [0.15, 0.2) is 5.69 Å². The molecule has 0 spiro atoms. The van der Waals surface area contributed by atoms with Crippen molar-refractivity contribution in [2.24, 2.45) is 7.05 Å². The summed E-state index contributed by atoms with van der Waals surface area (Å²) in [5.41, 5.74) is -2.43. The van der Waals surface area contributed by atoms with Crippen LogP contribution in [0.3, 0.4) is 0 Å². The lowest BCUT2D eigenvalue weighted by Crippen LogP contribution is -2.43. The zero-order valence-electron chi connectivity index (χ0n) is 15.4. The molecular formula is C17H18BrF3N4O3. The van der Waals surface area contributed by atoms with E-state index in [-0.39, 0.29) is 16.9 Å². The standard InChI is InChI=1S/C17H18BrF3N4O3/c1-8-5-9(18)6-10(14(26)23-16(2,3)28)13(8)22-15(27)11-7-12(17(19,20)21)24-25(11)4/h5-7,28H,1-4H3,(H,22,27)(H,23,26). The number of aryl methyl sites for hydroxylation is 2. The molecular weight excluding hydrogens is 445 g/mol. The average Bonchev–Trinajstić information content (AvgIpc) is 2.90. The number of halogens is 4. The number of aromatic nitrogens is 2. The lowest BCUT2D eigenvalue weighted by Gasteiger charge is -2.21. The van der Waals surface area contributed by atoms with Crippen molar-refractivity contribution < 1.29 is 27.9 Å². The second kappa shape index (κ2) is 7.55. The molecule has 1 aromatic carbocycles. The van der Waals surface area contributed by atoms with E-state index in [1.165, 1.54) is 27.0 Å². The summed E-state index contributed by atoms with van der Waals surface area (Å²) < 4.78 is 39.8. The average molecular weight is 463 g/mol. The summed E-state index contributed by atoms with van der Waals surface area (Å²) in [6.07, 6.45) is -4.69. The number of carbonyl (C=O) groups excluding carboxylic acids is 2. The van der Waals surface area contributed by atoms with Gasteiger partial charge in [-0.25, -0.2) is 0 Å². The van der Waals surface area contributed by atoms with Crippen LogP contribution in [0.4, 0.5) is 18.9 Å². The number of amides is 2. The molecule has 2 amide bonds. The van der Waals surface area contributed by atoms with Gasteiger partial charge in [0.2, 0.25) is 0 Å². The Labute approximate surface area is 167 Å². The van der Waals surface area contributed by atoms with Crippen LogP contribution in [0, 0.1) is 6.92 Å². The normalized spacial score (nSPS) is 12.0. The molecule has 11 heteroatoms. The van der Waals surface area contributed by atoms with E-state index in [4.69, 9.17) is 0 Å². The minimum atomic E-state index is -4.69. The summed E-state index contributed by atoms with van der Waals surface area (Å²) in [4.78, 5) is 25.0. The number of aliphatic hydroxyl groups is 1. The van der Waals surface area contributed by atoms with E-state index < -0.39 is 29.4 Å². The highest BCUT2D eigenvalue weighted by atomic mass is 79.9. The molecule has 0 aliphatic carbocycles. The molecule has 0 saturated carbocycles. The molecule has 0 atom stereocenters. The van der Waals surface area contributed by atoms with Gasteiger partial charge in [-0.05, 0) is 38.5 Å². The number of rotatable bonds is 4. The molecule has 0 aliphatic rings. The number of alkyl halides is 3. The maximum Gasteiger partial charge on any atom is 0.435 e. The molecule has 0 fully saturated rings. The lowest BCUT2D eigenvalue weighted by atomic mass is 10.1. The highest BCUT2D eigenvalue weighted by Gasteiger charge is 2.35. The first-order valence-corrected chi connectivity index (χ1v) is 8.76. The van der Waals surface area contributed by atoms with Gasteiger partial charge in [-0.1, -0.05) is 15.9 Å². The Bertz CT molecular complexity index is 933. The van der Waals surface area contributed by atoms with Crippen LogP contribution in [0.2, 0.25) is 0 Å². The molecule has 0 unspecified atom stereocenters. The molecule has 28 heavy (non-hydrogen) atoms. The first-order chi connectivity index (χ1) is 12.7. The Kier molecular flexibility index (Phi) is 5.90. The fourth-order valence-electron chi connectivity index (χ4n) is 2.43. The number of nitrogens with zero attached hydrogens (tertiary/aromatic N) is 2. The third kappa shape index (κ3) is 5.10. The Morgan fingerprint density at radius 3 is 2.29 bits per heavy atom. The lowest BCUT2D eigenvalue weighted by molar-refractivity contribution is -0.141. The molecule has 152 valence electrons. The van der Waals surface area contributed by atoms with Crippen molar-refractivity contribution in [1.82, 2.24) is 15.1 Å². The fourth-order valence-corrected chi connectivity index (χ4v) is 3.00. The molecule has 2 aromatic rings. The van der Waals surface area contributed by atoms with Crippen molar-refractivity contribution in [2.45, 2.75) is 32.7 Å². The van der Waals surface area contributed by atoms with Crippen molar-refractivity contribution >= 4 is 33.4 Å². The van der Waals surface area contributed by atoms with E-state index in [1.807, 2.05) is 0 Å². The summed E-state index contributed by atoms with van der Waals surface area (Å²) in [6.45, 7) is 4.34. The molecule has 0 bridgehead atoms. The van der Waals surface area contributed by atoms with Crippen LogP contribution in [0.5, 0.6) is 0 Å². The van der Waals surface area contributed by atoms with Crippen LogP contribution >= 0.6 is 15.9 Å². The van der Waals surface area contributed by atoms with Crippen molar-refractivity contribution in [3.05, 3.63) is 45.2 Å². The van der Waals surface area contributed by atoms with Gasteiger partial charge in [0, 0.05) is 17.6 Å². The predicted octanol–water partition coefficient (Wildman–Crippen LogP) is 3.22. The second-order valence-electron chi connectivity index (χ2n) is 6.65. The first kappa shape index (κ1) is 21.9. The third-order valence-electron chi connectivity index (χ3n) is 3.61. The Morgan fingerprint density at radius 2 is 1.79 bits per heavy atom. The van der Waals surface area contributed by atoms with E-state index in [1.54, 1.807) is 13.0 Å². The quantitative estimate of drug-likeness (QED) is 0.607. The minimum Gasteiger partial charge on any atom is -0.372 e. The second-order valence-corrected chi connectivity index (χ2v) is 7.56. The molecule has 0 aliphatic heterocycles. The monoisotopic (exact) mass is 462 g/mol. The van der Waals surface area contributed by atoms with Gasteiger partial charge in [0.25, 0.3) is 11.8 Å². The van der Waals surface area contributed by atoms with Gasteiger partial charge in [0.1, 0.15) is 11.4 Å². The van der Waals surface area contributed by atoms with Crippen LogP contribution in [-0.2, 0) is 13.2 Å². The Hall–Kier alpha value is -2.40. The zero-order chi connectivity index (χ0) is 21.4. The zero-order valence-corrected chi connectivity index (χ0v) is 17.0. The summed E-state index contributed by atoms with van der Waals surface area (Å²) in [6, 6.07) is 3.68. The first-order valence-electron chi connectivity index (χ1n) is 7.96. The van der Waals surface area contributed by atoms with Crippen LogP contribution in [-0.4, -0.2) is 32.4 Å². The van der Waals surface area contributed by atoms with Crippen molar-refractivity contribution in [3.8, 4) is 0 Å². The van der Waals surface area contributed by atoms with Crippen molar-refractivity contribution in [2.75, 3.05) is 5.32 Å². The summed E-state index contributed by atoms with van der Waals surface area (Å²) in [7, 11) is 1.21. The highest BCUT2D eigenvalue weighted by Crippen LogP contribution is 2.30. The van der Waals surface area contributed by atoms with Gasteiger partial charge in [0.05, 0.1) is 11.3 Å². The van der Waals surface area contributed by atoms with E-state index >= 15 is 0 Å². The molecule has 2 rings (SSSR count). The number of carbonyl (C=O) groups is 2. The molecule has 3 N–H and O–H groups in total. The van der Waals surface area contributed by atoms with E-state index in [9.17, 15) is 27.9 Å². The van der Waals surface area contributed by atoms with Gasteiger partial charge in [-0.15, -0.1) is 0 Å². The highest BCUT2D eigenvalue weighted by molar-refractivity contribution is 9.10. The van der Waals surface area contributed by atoms with E-state index in [2.05, 4.69) is 31.7 Å². The number of hydrogen-bond acceptors (Lipinski definition) is 4. The molecule has 0 saturated heterocycles. The smallest absolute Gasteiger partial charge is 0.372 e. The van der Waals surface area contributed by atoms with Crippen molar-refractivity contribution in [3.63, 3.8) is 0 Å².